The van der Waals surface area contributed by atoms with Crippen LogP contribution in [0.4, 0.5) is 11.5 Å². The predicted octanol–water partition coefficient (Wildman–Crippen LogP) is 1.99. The van der Waals surface area contributed by atoms with Crippen molar-refractivity contribution in [3.05, 3.63) is 47.9 Å². The van der Waals surface area contributed by atoms with Crippen LogP contribution < -0.4 is 11.1 Å². The topological polar surface area (TPSA) is 63.8 Å². The van der Waals surface area contributed by atoms with Crippen LogP contribution in [0, 0.1) is 6.92 Å². The van der Waals surface area contributed by atoms with Crippen molar-refractivity contribution in [2.24, 2.45) is 5.73 Å². The van der Waals surface area contributed by atoms with Crippen LogP contribution >= 0.6 is 0 Å². The van der Waals surface area contributed by atoms with Gasteiger partial charge in [0, 0.05) is 24.6 Å². The van der Waals surface area contributed by atoms with E-state index in [9.17, 15) is 0 Å². The van der Waals surface area contributed by atoms with Gasteiger partial charge in [-0.15, -0.1) is 0 Å². The minimum Gasteiger partial charge on any atom is -0.338 e. The molecule has 0 spiro atoms. The van der Waals surface area contributed by atoms with Gasteiger partial charge in [-0.1, -0.05) is 18.2 Å². The number of nitrogens with one attached hydrogen (secondary N) is 1. The van der Waals surface area contributed by atoms with Crippen molar-refractivity contribution in [2.45, 2.75) is 13.5 Å². The van der Waals surface area contributed by atoms with Gasteiger partial charge >= 0.3 is 0 Å². The lowest BCUT2D eigenvalue weighted by Crippen LogP contribution is -2.04. The second-order valence-electron chi connectivity index (χ2n) is 3.48. The summed E-state index contributed by atoms with van der Waals surface area (Å²) in [4.78, 5) is 8.41. The Balaban J connectivity index is 2.30. The number of aryl methyl sites for hydroxylation is 1. The van der Waals surface area contributed by atoms with Crippen LogP contribution in [0.2, 0.25) is 0 Å². The summed E-state index contributed by atoms with van der Waals surface area (Å²) in [6.45, 7) is 2.42. The minimum absolute atomic E-state index is 0.502. The molecule has 3 N–H and O–H groups in total. The van der Waals surface area contributed by atoms with E-state index in [2.05, 4.69) is 15.3 Å². The van der Waals surface area contributed by atoms with Gasteiger partial charge in [-0.2, -0.15) is 0 Å². The number of aromatic nitrogens is 2. The summed E-state index contributed by atoms with van der Waals surface area (Å²) in [5.74, 6) is 0.767. The van der Waals surface area contributed by atoms with Crippen molar-refractivity contribution in [1.29, 1.82) is 0 Å². The Morgan fingerprint density at radius 1 is 1.19 bits per heavy atom. The highest BCUT2D eigenvalue weighted by atomic mass is 15.0. The summed E-state index contributed by atoms with van der Waals surface area (Å²) in [6.07, 6.45) is 3.34. The lowest BCUT2D eigenvalue weighted by molar-refractivity contribution is 1.06. The molecule has 0 bridgehead atoms. The van der Waals surface area contributed by atoms with E-state index < -0.39 is 0 Å². The second-order valence-corrected chi connectivity index (χ2v) is 3.48. The Morgan fingerprint density at radius 3 is 2.69 bits per heavy atom. The Hall–Kier alpha value is -1.94. The van der Waals surface area contributed by atoms with Crippen molar-refractivity contribution in [1.82, 2.24) is 9.97 Å². The first-order valence-corrected chi connectivity index (χ1v) is 5.14. The molecule has 0 aliphatic rings. The standard InChI is InChI=1S/C12H14N4/c1-9-12(15-7-6-14-9)16-11-5-3-2-4-10(11)8-13/h2-7H,8,13H2,1H3,(H,15,16). The van der Waals surface area contributed by atoms with Crippen LogP contribution in [-0.4, -0.2) is 9.97 Å². The normalized spacial score (nSPS) is 10.1. The maximum absolute atomic E-state index is 5.67. The SMILES string of the molecule is Cc1nccnc1Nc1ccccc1CN. The van der Waals surface area contributed by atoms with Crippen LogP contribution in [0.5, 0.6) is 0 Å². The molecule has 0 fully saturated rings. The number of nitrogens with zero attached hydrogens (tertiary/aromatic N) is 2. The van der Waals surface area contributed by atoms with Crippen molar-refractivity contribution < 1.29 is 0 Å². The molecule has 1 heterocycles. The van der Waals surface area contributed by atoms with E-state index in [1.165, 1.54) is 0 Å². The number of hydrogen-bond acceptors (Lipinski definition) is 4. The van der Waals surface area contributed by atoms with Crippen LogP contribution in [0.25, 0.3) is 0 Å². The van der Waals surface area contributed by atoms with Gasteiger partial charge in [0.15, 0.2) is 5.82 Å². The first kappa shape index (κ1) is 10.6. The van der Waals surface area contributed by atoms with Gasteiger partial charge in [0.2, 0.25) is 0 Å². The first-order chi connectivity index (χ1) is 7.81. The highest BCUT2D eigenvalue weighted by Gasteiger charge is 2.03. The number of hydrogen-bond donors (Lipinski definition) is 2. The maximum atomic E-state index is 5.67. The van der Waals surface area contributed by atoms with Gasteiger partial charge in [0.05, 0.1) is 5.69 Å². The molecule has 0 unspecified atom stereocenters. The summed E-state index contributed by atoms with van der Waals surface area (Å²) >= 11 is 0. The smallest absolute Gasteiger partial charge is 0.151 e. The van der Waals surface area contributed by atoms with E-state index in [-0.39, 0.29) is 0 Å². The summed E-state index contributed by atoms with van der Waals surface area (Å²) < 4.78 is 0. The van der Waals surface area contributed by atoms with E-state index in [1.54, 1.807) is 12.4 Å². The molecule has 1 aromatic heterocycles. The highest BCUT2D eigenvalue weighted by Crippen LogP contribution is 2.19. The third-order valence-corrected chi connectivity index (χ3v) is 2.37. The second kappa shape index (κ2) is 4.72. The Labute approximate surface area is 94.5 Å². The van der Waals surface area contributed by atoms with Crippen LogP contribution in [0.1, 0.15) is 11.3 Å². The van der Waals surface area contributed by atoms with E-state index in [0.717, 1.165) is 22.8 Å². The van der Waals surface area contributed by atoms with Crippen molar-refractivity contribution in [2.75, 3.05) is 5.32 Å². The number of nitrogens with two attached hydrogens (primary N) is 1. The molecule has 2 aromatic rings. The number of para-hydroxylation sites is 1. The summed E-state index contributed by atoms with van der Waals surface area (Å²) in [6, 6.07) is 7.91. The Kier molecular flexibility index (Phi) is 3.12. The molecular formula is C12H14N4. The zero-order chi connectivity index (χ0) is 11.4. The lowest BCUT2D eigenvalue weighted by Gasteiger charge is -2.10. The Bertz CT molecular complexity index is 482. The third-order valence-electron chi connectivity index (χ3n) is 2.37. The predicted molar refractivity (Wildman–Crippen MR) is 64.4 cm³/mol. The van der Waals surface area contributed by atoms with Crippen LogP contribution in [0.15, 0.2) is 36.7 Å². The first-order valence-electron chi connectivity index (χ1n) is 5.14. The molecule has 0 aliphatic carbocycles. The van der Waals surface area contributed by atoms with Gasteiger partial charge in [-0.05, 0) is 18.6 Å². The van der Waals surface area contributed by atoms with Crippen LogP contribution in [0.3, 0.4) is 0 Å². The minimum atomic E-state index is 0.502. The fourth-order valence-electron chi connectivity index (χ4n) is 1.48. The molecule has 0 aliphatic heterocycles. The summed E-state index contributed by atoms with van der Waals surface area (Å²) in [5, 5.41) is 3.24. The fourth-order valence-corrected chi connectivity index (χ4v) is 1.48. The molecule has 4 nitrogen and oxygen atoms in total. The van der Waals surface area contributed by atoms with Crippen molar-refractivity contribution in [3.8, 4) is 0 Å². The molecule has 16 heavy (non-hydrogen) atoms. The van der Waals surface area contributed by atoms with Gasteiger partial charge in [0.25, 0.3) is 0 Å². The number of anilines is 2. The van der Waals surface area contributed by atoms with Gasteiger partial charge in [0.1, 0.15) is 0 Å². The van der Waals surface area contributed by atoms with E-state index in [4.69, 9.17) is 5.73 Å². The monoisotopic (exact) mass is 214 g/mol. The maximum Gasteiger partial charge on any atom is 0.151 e. The van der Waals surface area contributed by atoms with E-state index in [1.807, 2.05) is 31.2 Å². The zero-order valence-electron chi connectivity index (χ0n) is 9.14. The molecule has 82 valence electrons. The molecule has 0 saturated heterocycles. The Morgan fingerprint density at radius 2 is 1.94 bits per heavy atom. The van der Waals surface area contributed by atoms with E-state index in [0.29, 0.717) is 6.54 Å². The molecule has 0 amide bonds. The molecular weight excluding hydrogens is 200 g/mol. The van der Waals surface area contributed by atoms with E-state index >= 15 is 0 Å². The molecule has 1 aromatic carbocycles. The zero-order valence-corrected chi connectivity index (χ0v) is 9.14. The average molecular weight is 214 g/mol. The van der Waals surface area contributed by atoms with Crippen molar-refractivity contribution in [3.63, 3.8) is 0 Å². The van der Waals surface area contributed by atoms with Crippen LogP contribution in [-0.2, 0) is 6.54 Å². The molecule has 0 saturated carbocycles. The summed E-state index contributed by atoms with van der Waals surface area (Å²) in [5.41, 5.74) is 8.58. The largest absolute Gasteiger partial charge is 0.338 e. The lowest BCUT2D eigenvalue weighted by atomic mass is 10.2. The molecule has 4 heteroatoms. The average Bonchev–Trinajstić information content (AvgIpc) is 2.33. The number of benzene rings is 1. The van der Waals surface area contributed by atoms with Gasteiger partial charge in [-0.3, -0.25) is 4.98 Å². The number of rotatable bonds is 3. The third kappa shape index (κ3) is 2.17. The van der Waals surface area contributed by atoms with Gasteiger partial charge in [-0.25, -0.2) is 4.98 Å². The quantitative estimate of drug-likeness (QED) is 0.820. The summed E-state index contributed by atoms with van der Waals surface area (Å²) in [7, 11) is 0. The molecule has 2 rings (SSSR count). The van der Waals surface area contributed by atoms with Crippen molar-refractivity contribution >= 4 is 11.5 Å². The van der Waals surface area contributed by atoms with Gasteiger partial charge < -0.3 is 11.1 Å². The molecule has 0 radical (unpaired) electrons. The highest BCUT2D eigenvalue weighted by molar-refractivity contribution is 5.61. The fraction of sp³-hybridized carbons (Fsp3) is 0.167. The molecule has 0 atom stereocenters.